The van der Waals surface area contributed by atoms with Crippen LogP contribution in [0.2, 0.25) is 0 Å². The zero-order valence-corrected chi connectivity index (χ0v) is 11.6. The summed E-state index contributed by atoms with van der Waals surface area (Å²) in [6.45, 7) is 0.263. The maximum absolute atomic E-state index is 13.4. The van der Waals surface area contributed by atoms with Crippen molar-refractivity contribution >= 4 is 15.9 Å². The molecule has 0 bridgehead atoms. The van der Waals surface area contributed by atoms with E-state index in [1.807, 2.05) is 6.07 Å². The van der Waals surface area contributed by atoms with E-state index in [-0.39, 0.29) is 12.2 Å². The van der Waals surface area contributed by atoms with Crippen LogP contribution in [0.1, 0.15) is 11.1 Å². The van der Waals surface area contributed by atoms with Crippen molar-refractivity contribution in [1.82, 2.24) is 0 Å². The minimum atomic E-state index is -0.493. The van der Waals surface area contributed by atoms with Crippen LogP contribution < -0.4 is 10.5 Å². The zero-order valence-electron chi connectivity index (χ0n) is 10.00. The van der Waals surface area contributed by atoms with Gasteiger partial charge in [-0.1, -0.05) is 15.9 Å². The Morgan fingerprint density at radius 3 is 2.58 bits per heavy atom. The molecule has 5 heteroatoms. The van der Waals surface area contributed by atoms with Crippen LogP contribution in [0.3, 0.4) is 0 Å². The van der Waals surface area contributed by atoms with Gasteiger partial charge in [0.05, 0.1) is 0 Å². The van der Waals surface area contributed by atoms with Crippen molar-refractivity contribution in [3.63, 3.8) is 0 Å². The quantitative estimate of drug-likeness (QED) is 0.927. The Morgan fingerprint density at radius 2 is 1.84 bits per heavy atom. The van der Waals surface area contributed by atoms with Gasteiger partial charge in [0.15, 0.2) is 0 Å². The molecule has 0 heterocycles. The van der Waals surface area contributed by atoms with Gasteiger partial charge in [-0.05, 0) is 36.4 Å². The summed E-state index contributed by atoms with van der Waals surface area (Å²) in [6.07, 6.45) is 0. The second-order valence-electron chi connectivity index (χ2n) is 3.98. The molecule has 2 nitrogen and oxygen atoms in total. The highest BCUT2D eigenvalue weighted by Gasteiger charge is 2.07. The standard InChI is InChI=1S/C14H12BrF2NO/c15-11-1-4-14(9(5-11)7-18)19-8-10-6-12(16)2-3-13(10)17/h1-6H,7-8,18H2. The van der Waals surface area contributed by atoms with Gasteiger partial charge in [0.1, 0.15) is 24.0 Å². The van der Waals surface area contributed by atoms with Crippen LogP contribution in [-0.2, 0) is 13.2 Å². The topological polar surface area (TPSA) is 35.2 Å². The summed E-state index contributed by atoms with van der Waals surface area (Å²) in [7, 11) is 0. The maximum Gasteiger partial charge on any atom is 0.130 e. The first-order valence-electron chi connectivity index (χ1n) is 5.65. The first-order valence-corrected chi connectivity index (χ1v) is 6.44. The van der Waals surface area contributed by atoms with E-state index < -0.39 is 11.6 Å². The summed E-state index contributed by atoms with van der Waals surface area (Å²) in [4.78, 5) is 0. The Morgan fingerprint density at radius 1 is 1.05 bits per heavy atom. The van der Waals surface area contributed by atoms with Gasteiger partial charge in [0.2, 0.25) is 0 Å². The molecule has 0 unspecified atom stereocenters. The van der Waals surface area contributed by atoms with Crippen LogP contribution in [0.5, 0.6) is 5.75 Å². The highest BCUT2D eigenvalue weighted by molar-refractivity contribution is 9.10. The molecule has 0 aliphatic rings. The largest absolute Gasteiger partial charge is 0.488 e. The van der Waals surface area contributed by atoms with Crippen LogP contribution in [0.4, 0.5) is 8.78 Å². The Hall–Kier alpha value is -1.46. The number of rotatable bonds is 4. The molecule has 0 aliphatic carbocycles. The van der Waals surface area contributed by atoms with Gasteiger partial charge in [-0.3, -0.25) is 0 Å². The molecule has 0 radical (unpaired) electrons. The smallest absolute Gasteiger partial charge is 0.130 e. The highest BCUT2D eigenvalue weighted by atomic mass is 79.9. The summed E-state index contributed by atoms with van der Waals surface area (Å²) in [5.74, 6) is -0.419. The molecule has 0 amide bonds. The van der Waals surface area contributed by atoms with E-state index in [4.69, 9.17) is 10.5 Å². The molecule has 19 heavy (non-hydrogen) atoms. The fraction of sp³-hybridized carbons (Fsp3) is 0.143. The normalized spacial score (nSPS) is 10.5. The van der Waals surface area contributed by atoms with Crippen LogP contribution in [0, 0.1) is 11.6 Å². The number of hydrogen-bond acceptors (Lipinski definition) is 2. The number of nitrogens with two attached hydrogens (primary N) is 1. The Labute approximate surface area is 118 Å². The van der Waals surface area contributed by atoms with Crippen LogP contribution in [0.25, 0.3) is 0 Å². The molecule has 100 valence electrons. The predicted molar refractivity (Wildman–Crippen MR) is 72.7 cm³/mol. The molecule has 0 saturated carbocycles. The lowest BCUT2D eigenvalue weighted by Crippen LogP contribution is -2.04. The van der Waals surface area contributed by atoms with E-state index in [1.54, 1.807) is 12.1 Å². The lowest BCUT2D eigenvalue weighted by Gasteiger charge is -2.11. The van der Waals surface area contributed by atoms with Gasteiger partial charge in [0.25, 0.3) is 0 Å². The average molecular weight is 328 g/mol. The van der Waals surface area contributed by atoms with Crippen molar-refractivity contribution in [3.8, 4) is 5.75 Å². The zero-order chi connectivity index (χ0) is 13.8. The predicted octanol–water partition coefficient (Wildman–Crippen LogP) is 3.77. The second-order valence-corrected chi connectivity index (χ2v) is 4.90. The molecule has 2 aromatic carbocycles. The third-order valence-corrected chi connectivity index (χ3v) is 3.13. The molecule has 2 aromatic rings. The minimum absolute atomic E-state index is 0.0434. The lowest BCUT2D eigenvalue weighted by atomic mass is 10.2. The van der Waals surface area contributed by atoms with Crippen LogP contribution in [0.15, 0.2) is 40.9 Å². The summed E-state index contributed by atoms with van der Waals surface area (Å²) < 4.78 is 32.8. The molecule has 0 aromatic heterocycles. The van der Waals surface area contributed by atoms with E-state index in [9.17, 15) is 8.78 Å². The number of hydrogen-bond donors (Lipinski definition) is 1. The SMILES string of the molecule is NCc1cc(Br)ccc1OCc1cc(F)ccc1F. The molecule has 2 rings (SSSR count). The second kappa shape index (κ2) is 6.12. The fourth-order valence-electron chi connectivity index (χ4n) is 1.66. The van der Waals surface area contributed by atoms with Gasteiger partial charge >= 0.3 is 0 Å². The third-order valence-electron chi connectivity index (χ3n) is 2.63. The summed E-state index contributed by atoms with van der Waals surface area (Å²) in [6, 6.07) is 8.65. The molecule has 2 N–H and O–H groups in total. The highest BCUT2D eigenvalue weighted by Crippen LogP contribution is 2.24. The Bertz CT molecular complexity index is 590. The molecular weight excluding hydrogens is 316 g/mol. The number of halogens is 3. The Balaban J connectivity index is 2.16. The van der Waals surface area contributed by atoms with Crippen molar-refractivity contribution in [3.05, 3.63) is 63.6 Å². The van der Waals surface area contributed by atoms with Crippen LogP contribution >= 0.6 is 15.9 Å². The van der Waals surface area contributed by atoms with Crippen molar-refractivity contribution in [1.29, 1.82) is 0 Å². The Kier molecular flexibility index (Phi) is 4.50. The lowest BCUT2D eigenvalue weighted by molar-refractivity contribution is 0.296. The first kappa shape index (κ1) is 14.0. The third kappa shape index (κ3) is 3.52. The number of ether oxygens (including phenoxy) is 1. The van der Waals surface area contributed by atoms with Gasteiger partial charge in [-0.2, -0.15) is 0 Å². The van der Waals surface area contributed by atoms with Gasteiger partial charge in [-0.15, -0.1) is 0 Å². The minimum Gasteiger partial charge on any atom is -0.488 e. The van der Waals surface area contributed by atoms with Crippen LogP contribution in [-0.4, -0.2) is 0 Å². The number of benzene rings is 2. The summed E-state index contributed by atoms with van der Waals surface area (Å²) in [5.41, 5.74) is 6.58. The molecule has 0 spiro atoms. The molecule has 0 fully saturated rings. The first-order chi connectivity index (χ1) is 9.10. The van der Waals surface area contributed by atoms with E-state index in [0.717, 1.165) is 28.2 Å². The molecular formula is C14H12BrF2NO. The molecule has 0 atom stereocenters. The maximum atomic E-state index is 13.4. The van der Waals surface area contributed by atoms with E-state index in [1.165, 1.54) is 0 Å². The molecule has 0 aliphatic heterocycles. The molecule has 0 saturated heterocycles. The van der Waals surface area contributed by atoms with Crippen molar-refractivity contribution in [2.75, 3.05) is 0 Å². The van der Waals surface area contributed by atoms with Gasteiger partial charge in [-0.25, -0.2) is 8.78 Å². The monoisotopic (exact) mass is 327 g/mol. The summed E-state index contributed by atoms with van der Waals surface area (Å²) in [5, 5.41) is 0. The summed E-state index contributed by atoms with van der Waals surface area (Å²) >= 11 is 3.33. The van der Waals surface area contributed by atoms with E-state index in [2.05, 4.69) is 15.9 Å². The van der Waals surface area contributed by atoms with Crippen molar-refractivity contribution in [2.45, 2.75) is 13.2 Å². The van der Waals surface area contributed by atoms with E-state index >= 15 is 0 Å². The van der Waals surface area contributed by atoms with Gasteiger partial charge < -0.3 is 10.5 Å². The van der Waals surface area contributed by atoms with E-state index in [0.29, 0.717) is 12.3 Å². The van der Waals surface area contributed by atoms with Crippen molar-refractivity contribution in [2.24, 2.45) is 5.73 Å². The average Bonchev–Trinajstić information content (AvgIpc) is 2.40. The van der Waals surface area contributed by atoms with Gasteiger partial charge in [0, 0.05) is 22.1 Å². The fourth-order valence-corrected chi connectivity index (χ4v) is 2.07. The van der Waals surface area contributed by atoms with Crippen molar-refractivity contribution < 1.29 is 13.5 Å².